The maximum Gasteiger partial charge on any atom is 0.258 e. The van der Waals surface area contributed by atoms with Gasteiger partial charge in [-0.15, -0.1) is 6.58 Å². The first-order chi connectivity index (χ1) is 9.61. The van der Waals surface area contributed by atoms with Gasteiger partial charge in [-0.3, -0.25) is 4.79 Å². The molecule has 2 N–H and O–H groups in total. The summed E-state index contributed by atoms with van der Waals surface area (Å²) >= 11 is 7.36. The molecule has 0 bridgehead atoms. The summed E-state index contributed by atoms with van der Waals surface area (Å²) in [5, 5.41) is 10.8. The van der Waals surface area contributed by atoms with Crippen LogP contribution in [0.4, 0.5) is 0 Å². The second-order valence-electron chi connectivity index (χ2n) is 4.05. The molecule has 0 amide bonds. The zero-order chi connectivity index (χ0) is 14.5. The number of aromatic amines is 1. The molecule has 0 unspecified atom stereocenters. The maximum absolute atomic E-state index is 11.8. The summed E-state index contributed by atoms with van der Waals surface area (Å²) in [6.07, 6.45) is 1.83. The first-order valence-electron chi connectivity index (χ1n) is 5.91. The van der Waals surface area contributed by atoms with Gasteiger partial charge in [-0.05, 0) is 11.6 Å². The van der Waals surface area contributed by atoms with E-state index in [2.05, 4.69) is 16.5 Å². The number of hydrogen-bond donors (Lipinski definition) is 2. The number of rotatable bonds is 5. The smallest absolute Gasteiger partial charge is 0.258 e. The van der Waals surface area contributed by atoms with Gasteiger partial charge in [0, 0.05) is 17.2 Å². The minimum Gasteiger partial charge on any atom is -0.493 e. The van der Waals surface area contributed by atoms with E-state index in [0.29, 0.717) is 15.9 Å². The molecule has 0 atom stereocenters. The zero-order valence-corrected chi connectivity index (χ0v) is 12.2. The molecule has 4 nitrogen and oxygen atoms in total. The molecule has 20 heavy (non-hydrogen) atoms. The predicted molar refractivity (Wildman–Crippen MR) is 81.4 cm³/mol. The van der Waals surface area contributed by atoms with E-state index in [1.807, 2.05) is 18.2 Å². The number of nitrogens with zero attached hydrogens (tertiary/aromatic N) is 1. The molecule has 0 aliphatic carbocycles. The number of benzene rings is 1. The maximum atomic E-state index is 11.8. The van der Waals surface area contributed by atoms with Crippen molar-refractivity contribution in [2.45, 2.75) is 17.3 Å². The second kappa shape index (κ2) is 6.63. The SMILES string of the molecule is C=CCc1c(O)nc(SCc2ccccc2Cl)[nH]c1=O. The van der Waals surface area contributed by atoms with Crippen LogP contribution in [0.5, 0.6) is 5.88 Å². The summed E-state index contributed by atoms with van der Waals surface area (Å²) in [6, 6.07) is 7.45. The molecule has 0 fully saturated rings. The molecular weight excluding hydrogens is 296 g/mol. The summed E-state index contributed by atoms with van der Waals surface area (Å²) in [5.41, 5.74) is 0.817. The van der Waals surface area contributed by atoms with Crippen molar-refractivity contribution in [3.63, 3.8) is 0 Å². The van der Waals surface area contributed by atoms with Crippen LogP contribution in [0.3, 0.4) is 0 Å². The zero-order valence-electron chi connectivity index (χ0n) is 10.6. The van der Waals surface area contributed by atoms with E-state index in [9.17, 15) is 9.90 Å². The highest BCUT2D eigenvalue weighted by molar-refractivity contribution is 7.98. The quantitative estimate of drug-likeness (QED) is 0.506. The van der Waals surface area contributed by atoms with Gasteiger partial charge in [0.25, 0.3) is 5.56 Å². The van der Waals surface area contributed by atoms with Gasteiger partial charge in [0.2, 0.25) is 5.88 Å². The Balaban J connectivity index is 2.17. The van der Waals surface area contributed by atoms with E-state index in [0.717, 1.165) is 5.56 Å². The molecule has 2 aromatic rings. The topological polar surface area (TPSA) is 66.0 Å². The van der Waals surface area contributed by atoms with Crippen LogP contribution < -0.4 is 5.56 Å². The van der Waals surface area contributed by atoms with Gasteiger partial charge in [0.1, 0.15) is 0 Å². The predicted octanol–water partition coefficient (Wildman–Crippen LogP) is 3.15. The third kappa shape index (κ3) is 3.43. The Morgan fingerprint density at radius 3 is 2.85 bits per heavy atom. The van der Waals surface area contributed by atoms with Gasteiger partial charge in [-0.25, -0.2) is 0 Å². The van der Waals surface area contributed by atoms with Crippen LogP contribution >= 0.6 is 23.4 Å². The first kappa shape index (κ1) is 14.7. The van der Waals surface area contributed by atoms with Crippen LogP contribution in [-0.2, 0) is 12.2 Å². The van der Waals surface area contributed by atoms with Crippen LogP contribution in [0, 0.1) is 0 Å². The summed E-state index contributed by atoms with van der Waals surface area (Å²) in [7, 11) is 0. The van der Waals surface area contributed by atoms with Gasteiger partial charge >= 0.3 is 0 Å². The minimum atomic E-state index is -0.348. The lowest BCUT2D eigenvalue weighted by atomic mass is 10.2. The largest absolute Gasteiger partial charge is 0.493 e. The van der Waals surface area contributed by atoms with Crippen LogP contribution in [0.1, 0.15) is 11.1 Å². The highest BCUT2D eigenvalue weighted by Gasteiger charge is 2.10. The summed E-state index contributed by atoms with van der Waals surface area (Å²) in [4.78, 5) is 18.4. The molecule has 1 aromatic carbocycles. The molecule has 0 saturated carbocycles. The average Bonchev–Trinajstić information content (AvgIpc) is 2.42. The summed E-state index contributed by atoms with van der Waals surface area (Å²) < 4.78 is 0. The van der Waals surface area contributed by atoms with Gasteiger partial charge in [0.05, 0.1) is 5.56 Å². The van der Waals surface area contributed by atoms with Crippen molar-refractivity contribution in [3.8, 4) is 5.88 Å². The molecule has 1 heterocycles. The molecule has 0 saturated heterocycles. The highest BCUT2D eigenvalue weighted by atomic mass is 35.5. The number of aromatic hydroxyl groups is 1. The van der Waals surface area contributed by atoms with E-state index in [1.165, 1.54) is 11.8 Å². The Kier molecular flexibility index (Phi) is 4.87. The van der Waals surface area contributed by atoms with E-state index >= 15 is 0 Å². The fourth-order valence-electron chi connectivity index (χ4n) is 1.62. The Labute approximate surface area is 125 Å². The molecule has 0 radical (unpaired) electrons. The standard InChI is InChI=1S/C14H13ClN2O2S/c1-2-5-10-12(18)16-14(17-13(10)19)20-8-9-6-3-4-7-11(9)15/h2-4,6-7H,1,5,8H2,(H2,16,17,18,19). The third-order valence-corrected chi connectivity index (χ3v) is 3.93. The normalized spacial score (nSPS) is 10.4. The highest BCUT2D eigenvalue weighted by Crippen LogP contribution is 2.25. The molecule has 0 spiro atoms. The van der Waals surface area contributed by atoms with E-state index in [-0.39, 0.29) is 23.4 Å². The Morgan fingerprint density at radius 2 is 2.20 bits per heavy atom. The number of nitrogens with one attached hydrogen (secondary N) is 1. The Morgan fingerprint density at radius 1 is 1.45 bits per heavy atom. The fourth-order valence-corrected chi connectivity index (χ4v) is 2.77. The number of thioether (sulfide) groups is 1. The van der Waals surface area contributed by atoms with Crippen molar-refractivity contribution in [3.05, 3.63) is 63.4 Å². The first-order valence-corrected chi connectivity index (χ1v) is 7.27. The van der Waals surface area contributed by atoms with Gasteiger partial charge in [-0.2, -0.15) is 4.98 Å². The van der Waals surface area contributed by atoms with Gasteiger partial charge in [-0.1, -0.05) is 47.6 Å². The monoisotopic (exact) mass is 308 g/mol. The molecule has 0 aliphatic heterocycles. The Hall–Kier alpha value is -1.72. The third-order valence-electron chi connectivity index (χ3n) is 2.64. The number of hydrogen-bond acceptors (Lipinski definition) is 4. The number of aromatic nitrogens is 2. The molecule has 0 aliphatic rings. The molecule has 2 rings (SSSR count). The minimum absolute atomic E-state index is 0.224. The number of allylic oxidation sites excluding steroid dienone is 1. The lowest BCUT2D eigenvalue weighted by Crippen LogP contribution is -2.14. The van der Waals surface area contributed by atoms with Crippen LogP contribution in [0.25, 0.3) is 0 Å². The summed E-state index contributed by atoms with van der Waals surface area (Å²) in [6.45, 7) is 3.53. The lowest BCUT2D eigenvalue weighted by molar-refractivity contribution is 0.437. The van der Waals surface area contributed by atoms with Crippen molar-refractivity contribution in [1.82, 2.24) is 9.97 Å². The van der Waals surface area contributed by atoms with Crippen LogP contribution in [-0.4, -0.2) is 15.1 Å². The van der Waals surface area contributed by atoms with E-state index in [4.69, 9.17) is 11.6 Å². The van der Waals surface area contributed by atoms with Crippen molar-refractivity contribution < 1.29 is 5.11 Å². The number of halogens is 1. The molecule has 104 valence electrons. The van der Waals surface area contributed by atoms with Gasteiger partial charge < -0.3 is 10.1 Å². The number of H-pyrrole nitrogens is 1. The molecule has 1 aromatic heterocycles. The average molecular weight is 309 g/mol. The Bertz CT molecular complexity index is 685. The fraction of sp³-hybridized carbons (Fsp3) is 0.143. The van der Waals surface area contributed by atoms with Crippen molar-refractivity contribution >= 4 is 23.4 Å². The van der Waals surface area contributed by atoms with Crippen LogP contribution in [0.15, 0.2) is 46.9 Å². The van der Waals surface area contributed by atoms with Crippen LogP contribution in [0.2, 0.25) is 5.02 Å². The van der Waals surface area contributed by atoms with Crippen molar-refractivity contribution in [2.75, 3.05) is 0 Å². The second-order valence-corrected chi connectivity index (χ2v) is 5.42. The van der Waals surface area contributed by atoms with Crippen molar-refractivity contribution in [1.29, 1.82) is 0 Å². The van der Waals surface area contributed by atoms with Gasteiger partial charge in [0.15, 0.2) is 5.16 Å². The summed E-state index contributed by atoms with van der Waals surface area (Å²) in [5.74, 6) is 0.304. The lowest BCUT2D eigenvalue weighted by Gasteiger charge is -2.05. The molecular formula is C14H13ClN2O2S. The van der Waals surface area contributed by atoms with E-state index in [1.54, 1.807) is 12.1 Å². The van der Waals surface area contributed by atoms with Crippen molar-refractivity contribution in [2.24, 2.45) is 0 Å². The van der Waals surface area contributed by atoms with E-state index < -0.39 is 0 Å². The molecule has 6 heteroatoms.